The van der Waals surface area contributed by atoms with E-state index in [1.165, 1.54) is 6.92 Å². The molecule has 2 rings (SSSR count). The van der Waals surface area contributed by atoms with Gasteiger partial charge in [-0.2, -0.15) is 0 Å². The molecular weight excluding hydrogens is 300 g/mol. The van der Waals surface area contributed by atoms with Gasteiger partial charge in [-0.15, -0.1) is 0 Å². The zero-order chi connectivity index (χ0) is 16.7. The second kappa shape index (κ2) is 8.41. The van der Waals surface area contributed by atoms with Crippen molar-refractivity contribution >= 4 is 11.8 Å². The number of fused-ring (bicyclic) bond motifs is 1. The maximum atomic E-state index is 11.7. The van der Waals surface area contributed by atoms with Crippen LogP contribution in [0.4, 0.5) is 0 Å². The Morgan fingerprint density at radius 2 is 2.00 bits per heavy atom. The van der Waals surface area contributed by atoms with Crippen LogP contribution in [0, 0.1) is 5.92 Å². The minimum absolute atomic E-state index is 0.153. The third kappa shape index (κ3) is 4.87. The van der Waals surface area contributed by atoms with E-state index in [0.29, 0.717) is 30.9 Å². The molecule has 0 saturated heterocycles. The van der Waals surface area contributed by atoms with Gasteiger partial charge < -0.3 is 18.9 Å². The maximum Gasteiger partial charge on any atom is 0.316 e. The number of benzene rings is 1. The van der Waals surface area contributed by atoms with E-state index in [1.54, 1.807) is 13.0 Å². The van der Waals surface area contributed by atoms with Crippen molar-refractivity contribution in [2.75, 3.05) is 20.0 Å². The van der Waals surface area contributed by atoms with Crippen molar-refractivity contribution in [3.8, 4) is 17.2 Å². The van der Waals surface area contributed by atoms with Crippen LogP contribution in [0.5, 0.6) is 17.2 Å². The molecule has 0 amide bonds. The number of hydrogen-bond acceptors (Lipinski definition) is 6. The predicted octanol–water partition coefficient (Wildman–Crippen LogP) is 2.73. The Kier molecular flexibility index (Phi) is 6.26. The molecule has 0 bridgehead atoms. The van der Waals surface area contributed by atoms with E-state index in [-0.39, 0.29) is 19.2 Å². The minimum atomic E-state index is -0.666. The molecule has 0 saturated carbocycles. The first-order valence-electron chi connectivity index (χ1n) is 7.81. The smallest absolute Gasteiger partial charge is 0.316 e. The van der Waals surface area contributed by atoms with E-state index in [4.69, 9.17) is 18.9 Å². The van der Waals surface area contributed by atoms with E-state index < -0.39 is 11.9 Å². The average Bonchev–Trinajstić information content (AvgIpc) is 2.98. The molecule has 1 aromatic carbocycles. The molecule has 1 atom stereocenters. The van der Waals surface area contributed by atoms with E-state index >= 15 is 0 Å². The molecule has 0 spiro atoms. The van der Waals surface area contributed by atoms with Crippen LogP contribution in [0.3, 0.4) is 0 Å². The maximum absolute atomic E-state index is 11.7. The fourth-order valence-corrected chi connectivity index (χ4v) is 2.34. The second-order valence-electron chi connectivity index (χ2n) is 5.27. The number of Topliss-reactive ketones (excluding diaryl/α,β-unsaturated/α-hetero) is 1. The highest BCUT2D eigenvalue weighted by molar-refractivity contribution is 5.97. The molecule has 0 fully saturated rings. The Morgan fingerprint density at radius 1 is 1.22 bits per heavy atom. The lowest BCUT2D eigenvalue weighted by atomic mass is 9.98. The molecule has 0 aliphatic carbocycles. The summed E-state index contributed by atoms with van der Waals surface area (Å²) in [6.45, 7) is 4.18. The molecule has 23 heavy (non-hydrogen) atoms. The summed E-state index contributed by atoms with van der Waals surface area (Å²) in [4.78, 5) is 23.2. The Labute approximate surface area is 135 Å². The van der Waals surface area contributed by atoms with Crippen LogP contribution in [0.2, 0.25) is 0 Å². The van der Waals surface area contributed by atoms with Gasteiger partial charge in [0.15, 0.2) is 11.5 Å². The lowest BCUT2D eigenvalue weighted by Crippen LogP contribution is -2.24. The van der Waals surface area contributed by atoms with Crippen LogP contribution >= 0.6 is 0 Å². The van der Waals surface area contributed by atoms with Crippen molar-refractivity contribution in [2.45, 2.75) is 33.1 Å². The summed E-state index contributed by atoms with van der Waals surface area (Å²) in [5.41, 5.74) is 0. The predicted molar refractivity (Wildman–Crippen MR) is 82.7 cm³/mol. The molecule has 1 aromatic rings. The molecule has 0 radical (unpaired) electrons. The minimum Gasteiger partial charge on any atom is -0.493 e. The Morgan fingerprint density at radius 3 is 2.74 bits per heavy atom. The fraction of sp³-hybridized carbons (Fsp3) is 0.529. The molecular formula is C17H22O6. The van der Waals surface area contributed by atoms with Crippen molar-refractivity contribution in [3.63, 3.8) is 0 Å². The SMILES string of the molecule is CCOC(=O)C(CCCCOc1ccc2c(c1)OCO2)C(C)=O. The van der Waals surface area contributed by atoms with Crippen molar-refractivity contribution in [3.05, 3.63) is 18.2 Å². The number of carbonyl (C=O) groups excluding carboxylic acids is 2. The molecule has 126 valence electrons. The summed E-state index contributed by atoms with van der Waals surface area (Å²) in [5.74, 6) is 0.859. The van der Waals surface area contributed by atoms with Crippen molar-refractivity contribution in [1.82, 2.24) is 0 Å². The number of ether oxygens (including phenoxy) is 4. The second-order valence-corrected chi connectivity index (χ2v) is 5.27. The molecule has 0 aromatic heterocycles. The third-order valence-electron chi connectivity index (χ3n) is 3.56. The first-order chi connectivity index (χ1) is 11.1. The highest BCUT2D eigenvalue weighted by Crippen LogP contribution is 2.35. The van der Waals surface area contributed by atoms with Crippen LogP contribution < -0.4 is 14.2 Å². The first kappa shape index (κ1) is 17.1. The average molecular weight is 322 g/mol. The lowest BCUT2D eigenvalue weighted by Gasteiger charge is -2.12. The Hall–Kier alpha value is -2.24. The zero-order valence-electron chi connectivity index (χ0n) is 13.5. The highest BCUT2D eigenvalue weighted by atomic mass is 16.7. The molecule has 1 heterocycles. The number of unbranched alkanes of at least 4 members (excludes halogenated alkanes) is 1. The standard InChI is InChI=1S/C17H22O6/c1-3-20-17(19)14(12(2)18)6-4-5-9-21-13-7-8-15-16(10-13)23-11-22-15/h7-8,10,14H,3-6,9,11H2,1-2H3. The van der Waals surface area contributed by atoms with E-state index in [9.17, 15) is 9.59 Å². The summed E-state index contributed by atoms with van der Waals surface area (Å²) < 4.78 is 21.1. The molecule has 1 aliphatic heterocycles. The fourth-order valence-electron chi connectivity index (χ4n) is 2.34. The highest BCUT2D eigenvalue weighted by Gasteiger charge is 2.23. The molecule has 1 aliphatic rings. The van der Waals surface area contributed by atoms with Gasteiger partial charge in [-0.25, -0.2) is 0 Å². The van der Waals surface area contributed by atoms with Crippen molar-refractivity contribution in [1.29, 1.82) is 0 Å². The summed E-state index contributed by atoms with van der Waals surface area (Å²) >= 11 is 0. The normalized spacial score (nSPS) is 13.5. The van der Waals surface area contributed by atoms with Gasteiger partial charge in [-0.05, 0) is 45.2 Å². The van der Waals surface area contributed by atoms with Gasteiger partial charge >= 0.3 is 5.97 Å². The quantitative estimate of drug-likeness (QED) is 0.395. The number of carbonyl (C=O) groups is 2. The van der Waals surface area contributed by atoms with Crippen molar-refractivity contribution < 1.29 is 28.5 Å². The van der Waals surface area contributed by atoms with Gasteiger partial charge in [0, 0.05) is 6.07 Å². The van der Waals surface area contributed by atoms with Crippen LogP contribution in [-0.4, -0.2) is 31.8 Å². The van der Waals surface area contributed by atoms with Crippen LogP contribution in [0.25, 0.3) is 0 Å². The molecule has 6 nitrogen and oxygen atoms in total. The summed E-state index contributed by atoms with van der Waals surface area (Å²) in [6, 6.07) is 5.42. The summed E-state index contributed by atoms with van der Waals surface area (Å²) in [6.07, 6.45) is 1.95. The van der Waals surface area contributed by atoms with Crippen LogP contribution in [-0.2, 0) is 14.3 Å². The van der Waals surface area contributed by atoms with Gasteiger partial charge in [0.1, 0.15) is 17.5 Å². The topological polar surface area (TPSA) is 71.1 Å². The molecule has 1 unspecified atom stereocenters. The number of rotatable bonds is 9. The monoisotopic (exact) mass is 322 g/mol. The van der Waals surface area contributed by atoms with Gasteiger partial charge in [0.2, 0.25) is 6.79 Å². The van der Waals surface area contributed by atoms with E-state index in [0.717, 1.165) is 12.2 Å². The zero-order valence-corrected chi connectivity index (χ0v) is 13.5. The van der Waals surface area contributed by atoms with Gasteiger partial charge in [0.25, 0.3) is 0 Å². The van der Waals surface area contributed by atoms with E-state index in [1.807, 2.05) is 12.1 Å². The summed E-state index contributed by atoms with van der Waals surface area (Å²) in [5, 5.41) is 0. The molecule has 0 N–H and O–H groups in total. The lowest BCUT2D eigenvalue weighted by molar-refractivity contribution is -0.151. The van der Waals surface area contributed by atoms with Crippen molar-refractivity contribution in [2.24, 2.45) is 5.92 Å². The van der Waals surface area contributed by atoms with Crippen LogP contribution in [0.15, 0.2) is 18.2 Å². The number of hydrogen-bond donors (Lipinski definition) is 0. The number of ketones is 1. The van der Waals surface area contributed by atoms with Gasteiger partial charge in [0.05, 0.1) is 13.2 Å². The third-order valence-corrected chi connectivity index (χ3v) is 3.56. The first-order valence-corrected chi connectivity index (χ1v) is 7.81. The largest absolute Gasteiger partial charge is 0.493 e. The number of esters is 1. The van der Waals surface area contributed by atoms with E-state index in [2.05, 4.69) is 0 Å². The Bertz CT molecular complexity index is 554. The Balaban J connectivity index is 1.70. The van der Waals surface area contributed by atoms with Gasteiger partial charge in [-0.3, -0.25) is 9.59 Å². The molecule has 6 heteroatoms. The summed E-state index contributed by atoms with van der Waals surface area (Å²) in [7, 11) is 0. The van der Waals surface area contributed by atoms with Crippen LogP contribution in [0.1, 0.15) is 33.1 Å². The van der Waals surface area contributed by atoms with Gasteiger partial charge in [-0.1, -0.05) is 0 Å².